The number of halogens is 2. The van der Waals surface area contributed by atoms with Crippen LogP contribution in [0.25, 0.3) is 11.3 Å². The largest absolute Gasteiger partial charge is 0.390 e. The van der Waals surface area contributed by atoms with E-state index in [1.165, 1.54) is 29.2 Å². The predicted molar refractivity (Wildman–Crippen MR) is 140 cm³/mol. The molecule has 6 nitrogen and oxygen atoms in total. The van der Waals surface area contributed by atoms with Gasteiger partial charge >= 0.3 is 0 Å². The van der Waals surface area contributed by atoms with Crippen LogP contribution in [0.15, 0.2) is 72.1 Å². The van der Waals surface area contributed by atoms with E-state index in [9.17, 15) is 18.7 Å². The topological polar surface area (TPSA) is 87.1 Å². The molecule has 0 saturated heterocycles. The van der Waals surface area contributed by atoms with E-state index in [1.54, 1.807) is 24.3 Å². The maximum Gasteiger partial charge on any atom is 0.251 e. The van der Waals surface area contributed by atoms with Gasteiger partial charge in [0, 0.05) is 35.7 Å². The smallest absolute Gasteiger partial charge is 0.251 e. The van der Waals surface area contributed by atoms with Gasteiger partial charge in [-0.3, -0.25) is 4.79 Å². The fourth-order valence-corrected chi connectivity index (χ4v) is 4.53. The van der Waals surface area contributed by atoms with Crippen LogP contribution in [0.5, 0.6) is 0 Å². The summed E-state index contributed by atoms with van der Waals surface area (Å²) in [7, 11) is 0. The fraction of sp³-hybridized carbons (Fsp3) is 0.250. The molecule has 0 aliphatic heterocycles. The summed E-state index contributed by atoms with van der Waals surface area (Å²) in [6.45, 7) is 2.80. The van der Waals surface area contributed by atoms with E-state index in [1.807, 2.05) is 17.5 Å². The highest BCUT2D eigenvalue weighted by Gasteiger charge is 2.23. The lowest BCUT2D eigenvalue weighted by Crippen LogP contribution is -2.48. The minimum atomic E-state index is -1.01. The Morgan fingerprint density at radius 2 is 1.73 bits per heavy atom. The summed E-state index contributed by atoms with van der Waals surface area (Å²) in [6, 6.07) is 17.4. The van der Waals surface area contributed by atoms with E-state index in [2.05, 4.69) is 39.3 Å². The van der Waals surface area contributed by atoms with E-state index < -0.39 is 29.7 Å². The quantitative estimate of drug-likeness (QED) is 0.269. The number of hydrogen-bond acceptors (Lipinski definition) is 6. The van der Waals surface area contributed by atoms with E-state index >= 15 is 0 Å². The molecule has 3 N–H and O–H groups in total. The lowest BCUT2D eigenvalue weighted by molar-refractivity contribution is 0.0830. The minimum absolute atomic E-state index is 0.0527. The molecular formula is C28H28F2N4O2S. The average molecular weight is 523 g/mol. The van der Waals surface area contributed by atoms with Gasteiger partial charge in [0.1, 0.15) is 17.3 Å². The van der Waals surface area contributed by atoms with Crippen molar-refractivity contribution < 1.29 is 18.7 Å². The van der Waals surface area contributed by atoms with Crippen LogP contribution in [0, 0.1) is 11.6 Å². The second-order valence-electron chi connectivity index (χ2n) is 8.80. The number of nitrogens with zero attached hydrogens (tertiary/aromatic N) is 2. The maximum atomic E-state index is 13.8. The van der Waals surface area contributed by atoms with Gasteiger partial charge in [-0.1, -0.05) is 47.8 Å². The zero-order valence-electron chi connectivity index (χ0n) is 20.3. The van der Waals surface area contributed by atoms with Gasteiger partial charge in [0.25, 0.3) is 5.91 Å². The summed E-state index contributed by atoms with van der Waals surface area (Å²) in [6.07, 6.45) is -0.0295. The number of aromatic nitrogens is 2. The lowest BCUT2D eigenvalue weighted by atomic mass is 9.99. The molecule has 0 radical (unpaired) electrons. The standard InChI is InChI=1S/C28H28F2N4O2S/c1-2-18-4-3-5-19(10-18)15-31-16-27(35)25(13-20-11-23(29)14-24(30)12-20)32-28(36)22-8-6-21(7-9-22)26-17-37-34-33-26/h3-12,14,17,25,27,31,35H,2,13,15-16H2,1H3,(H,32,36)/t25-,27-/m0/s1. The SMILES string of the molecule is CCc1cccc(CNC[C@H](O)[C@H](Cc2cc(F)cc(F)c2)NC(=O)c2ccc(-c3csnn3)cc2)c1. The second kappa shape index (κ2) is 12.6. The van der Waals surface area contributed by atoms with Crippen LogP contribution in [-0.2, 0) is 19.4 Å². The molecule has 9 heteroatoms. The van der Waals surface area contributed by atoms with Crippen molar-refractivity contribution in [3.05, 3.63) is 106 Å². The molecule has 0 fully saturated rings. The van der Waals surface area contributed by atoms with Crippen molar-refractivity contribution in [2.45, 2.75) is 38.5 Å². The molecule has 0 spiro atoms. The second-order valence-corrected chi connectivity index (χ2v) is 9.41. The number of nitrogens with one attached hydrogen (secondary N) is 2. The van der Waals surface area contributed by atoms with Crippen molar-refractivity contribution in [3.63, 3.8) is 0 Å². The first-order valence-electron chi connectivity index (χ1n) is 12.0. The van der Waals surface area contributed by atoms with Crippen molar-refractivity contribution >= 4 is 17.4 Å². The number of carbonyl (C=O) groups excluding carboxylic acids is 1. The van der Waals surface area contributed by atoms with Gasteiger partial charge in [-0.2, -0.15) is 0 Å². The highest BCUT2D eigenvalue weighted by Crippen LogP contribution is 2.19. The predicted octanol–water partition coefficient (Wildman–Crippen LogP) is 4.54. The number of carbonyl (C=O) groups is 1. The molecule has 1 heterocycles. The molecule has 37 heavy (non-hydrogen) atoms. The molecule has 0 aliphatic carbocycles. The Morgan fingerprint density at radius 3 is 2.41 bits per heavy atom. The van der Waals surface area contributed by atoms with Crippen LogP contribution in [0.4, 0.5) is 8.78 Å². The molecule has 1 amide bonds. The third-order valence-electron chi connectivity index (χ3n) is 6.04. The molecule has 2 atom stereocenters. The lowest BCUT2D eigenvalue weighted by Gasteiger charge is -2.25. The summed E-state index contributed by atoms with van der Waals surface area (Å²) in [5.41, 5.74) is 4.56. The Bertz CT molecular complexity index is 1300. The number of amides is 1. The summed E-state index contributed by atoms with van der Waals surface area (Å²) in [4.78, 5) is 13.0. The van der Waals surface area contributed by atoms with Gasteiger partial charge in [0.15, 0.2) is 0 Å². The number of aliphatic hydroxyl groups excluding tert-OH is 1. The molecule has 3 aromatic carbocycles. The molecule has 0 bridgehead atoms. The maximum absolute atomic E-state index is 13.8. The summed E-state index contributed by atoms with van der Waals surface area (Å²) >= 11 is 1.24. The first kappa shape index (κ1) is 26.5. The zero-order valence-corrected chi connectivity index (χ0v) is 21.1. The highest BCUT2D eigenvalue weighted by atomic mass is 32.1. The van der Waals surface area contributed by atoms with Crippen molar-refractivity contribution in [2.24, 2.45) is 0 Å². The minimum Gasteiger partial charge on any atom is -0.390 e. The third-order valence-corrected chi connectivity index (χ3v) is 6.55. The average Bonchev–Trinajstić information content (AvgIpc) is 3.43. The molecule has 4 aromatic rings. The van der Waals surface area contributed by atoms with Gasteiger partial charge in [-0.15, -0.1) is 5.10 Å². The molecule has 1 aromatic heterocycles. The van der Waals surface area contributed by atoms with E-state index in [-0.39, 0.29) is 13.0 Å². The Morgan fingerprint density at radius 1 is 1.00 bits per heavy atom. The molecule has 0 unspecified atom stereocenters. The number of hydrogen-bond donors (Lipinski definition) is 3. The number of aryl methyl sites for hydroxylation is 1. The van der Waals surface area contributed by atoms with Crippen molar-refractivity contribution in [1.29, 1.82) is 0 Å². The van der Waals surface area contributed by atoms with Crippen LogP contribution in [0.3, 0.4) is 0 Å². The highest BCUT2D eigenvalue weighted by molar-refractivity contribution is 7.03. The Hall–Kier alpha value is -3.53. The van der Waals surface area contributed by atoms with Gasteiger partial charge in [-0.25, -0.2) is 8.78 Å². The van der Waals surface area contributed by atoms with Crippen molar-refractivity contribution in [3.8, 4) is 11.3 Å². The summed E-state index contributed by atoms with van der Waals surface area (Å²) in [5, 5.41) is 22.9. The van der Waals surface area contributed by atoms with Gasteiger partial charge in [-0.05, 0) is 65.3 Å². The van der Waals surface area contributed by atoms with Crippen LogP contribution in [0.2, 0.25) is 0 Å². The van der Waals surface area contributed by atoms with Crippen molar-refractivity contribution in [2.75, 3.05) is 6.54 Å². The van der Waals surface area contributed by atoms with Crippen LogP contribution < -0.4 is 10.6 Å². The monoisotopic (exact) mass is 522 g/mol. The van der Waals surface area contributed by atoms with E-state index in [4.69, 9.17) is 0 Å². The molecule has 4 rings (SSSR count). The number of benzene rings is 3. The van der Waals surface area contributed by atoms with Crippen LogP contribution >= 0.6 is 11.5 Å². The first-order valence-corrected chi connectivity index (χ1v) is 12.8. The van der Waals surface area contributed by atoms with E-state index in [0.29, 0.717) is 23.4 Å². The molecule has 0 aliphatic rings. The van der Waals surface area contributed by atoms with Crippen LogP contribution in [0.1, 0.15) is 34.0 Å². The van der Waals surface area contributed by atoms with Gasteiger partial charge < -0.3 is 15.7 Å². The molecule has 0 saturated carbocycles. The Labute approximate surface area is 218 Å². The normalized spacial score (nSPS) is 12.8. The molecular weight excluding hydrogens is 494 g/mol. The fourth-order valence-electron chi connectivity index (χ4n) is 4.07. The molecule has 192 valence electrons. The third kappa shape index (κ3) is 7.48. The van der Waals surface area contributed by atoms with Gasteiger partial charge in [0.05, 0.1) is 12.1 Å². The Balaban J connectivity index is 1.45. The van der Waals surface area contributed by atoms with E-state index in [0.717, 1.165) is 23.6 Å². The first-order chi connectivity index (χ1) is 17.9. The number of rotatable bonds is 11. The van der Waals surface area contributed by atoms with Crippen molar-refractivity contribution in [1.82, 2.24) is 20.2 Å². The van der Waals surface area contributed by atoms with Crippen LogP contribution in [-0.4, -0.2) is 39.3 Å². The Kier molecular flexibility index (Phi) is 9.05. The zero-order chi connectivity index (χ0) is 26.2. The number of aliphatic hydroxyl groups is 1. The summed E-state index contributed by atoms with van der Waals surface area (Å²) < 4.78 is 31.4. The summed E-state index contributed by atoms with van der Waals surface area (Å²) in [5.74, 6) is -1.83. The van der Waals surface area contributed by atoms with Gasteiger partial charge in [0.2, 0.25) is 0 Å².